The standard InChI is InChI=1S/C13H20N4O2S/c1-3-13(2,12-15-5-7-20-12)16-8-11(19)17-6-4-14-10(18)9-17/h5,7,16H,3-4,6,8-9H2,1-2H3,(H,14,18). The van der Waals surface area contributed by atoms with Gasteiger partial charge in [0.15, 0.2) is 0 Å². The summed E-state index contributed by atoms with van der Waals surface area (Å²) in [7, 11) is 0. The van der Waals surface area contributed by atoms with Crippen LogP contribution in [0.4, 0.5) is 0 Å². The molecule has 2 rings (SSSR count). The van der Waals surface area contributed by atoms with Gasteiger partial charge in [-0.2, -0.15) is 0 Å². The van der Waals surface area contributed by atoms with Gasteiger partial charge in [0.1, 0.15) is 5.01 Å². The van der Waals surface area contributed by atoms with Crippen molar-refractivity contribution in [1.82, 2.24) is 20.5 Å². The second-order valence-electron chi connectivity index (χ2n) is 5.04. The van der Waals surface area contributed by atoms with Crippen LogP contribution in [0.2, 0.25) is 0 Å². The first-order valence-corrected chi connectivity index (χ1v) is 7.62. The molecule has 1 aromatic heterocycles. The van der Waals surface area contributed by atoms with Crippen LogP contribution >= 0.6 is 11.3 Å². The van der Waals surface area contributed by atoms with Gasteiger partial charge in [-0.1, -0.05) is 6.92 Å². The van der Waals surface area contributed by atoms with Crippen molar-refractivity contribution >= 4 is 23.2 Å². The zero-order chi connectivity index (χ0) is 14.6. The quantitative estimate of drug-likeness (QED) is 0.820. The SMILES string of the molecule is CCC(C)(NCC(=O)N1CCNC(=O)C1)c1nccs1. The molecule has 110 valence electrons. The Hall–Kier alpha value is -1.47. The molecule has 2 amide bonds. The molecule has 0 saturated carbocycles. The number of aromatic nitrogens is 1. The minimum Gasteiger partial charge on any atom is -0.353 e. The van der Waals surface area contributed by atoms with Gasteiger partial charge in [0.2, 0.25) is 11.8 Å². The minimum absolute atomic E-state index is 0.0453. The molecule has 20 heavy (non-hydrogen) atoms. The highest BCUT2D eigenvalue weighted by atomic mass is 32.1. The number of thiazole rings is 1. The number of hydrogen-bond acceptors (Lipinski definition) is 5. The van der Waals surface area contributed by atoms with Crippen molar-refractivity contribution in [3.63, 3.8) is 0 Å². The van der Waals surface area contributed by atoms with Crippen molar-refractivity contribution in [3.8, 4) is 0 Å². The number of carbonyl (C=O) groups is 2. The van der Waals surface area contributed by atoms with Crippen molar-refractivity contribution in [2.75, 3.05) is 26.2 Å². The Bertz CT molecular complexity index is 477. The van der Waals surface area contributed by atoms with E-state index in [0.717, 1.165) is 11.4 Å². The molecule has 1 atom stereocenters. The zero-order valence-electron chi connectivity index (χ0n) is 11.8. The lowest BCUT2D eigenvalue weighted by molar-refractivity contribution is -0.137. The fraction of sp³-hybridized carbons (Fsp3) is 0.615. The van der Waals surface area contributed by atoms with Crippen LogP contribution in [0.3, 0.4) is 0 Å². The minimum atomic E-state index is -0.304. The summed E-state index contributed by atoms with van der Waals surface area (Å²) >= 11 is 1.58. The molecule has 0 aliphatic carbocycles. The summed E-state index contributed by atoms with van der Waals surface area (Å²) in [5.74, 6) is -0.140. The number of piperazine rings is 1. The molecule has 1 unspecified atom stereocenters. The van der Waals surface area contributed by atoms with Crippen LogP contribution in [0.15, 0.2) is 11.6 Å². The Morgan fingerprint density at radius 2 is 2.45 bits per heavy atom. The number of nitrogens with one attached hydrogen (secondary N) is 2. The highest BCUT2D eigenvalue weighted by Gasteiger charge is 2.29. The summed E-state index contributed by atoms with van der Waals surface area (Å²) in [6.45, 7) is 5.58. The Morgan fingerprint density at radius 3 is 3.05 bits per heavy atom. The maximum atomic E-state index is 12.1. The van der Waals surface area contributed by atoms with E-state index < -0.39 is 0 Å². The van der Waals surface area contributed by atoms with Crippen molar-refractivity contribution in [2.24, 2.45) is 0 Å². The van der Waals surface area contributed by atoms with E-state index in [4.69, 9.17) is 0 Å². The van der Waals surface area contributed by atoms with E-state index in [1.54, 1.807) is 22.4 Å². The van der Waals surface area contributed by atoms with E-state index in [1.807, 2.05) is 12.3 Å². The second-order valence-corrected chi connectivity index (χ2v) is 5.94. The molecular weight excluding hydrogens is 276 g/mol. The summed E-state index contributed by atoms with van der Waals surface area (Å²) in [4.78, 5) is 29.3. The van der Waals surface area contributed by atoms with Gasteiger partial charge in [0.25, 0.3) is 0 Å². The van der Waals surface area contributed by atoms with Crippen LogP contribution in [0, 0.1) is 0 Å². The topological polar surface area (TPSA) is 74.3 Å². The number of carbonyl (C=O) groups excluding carboxylic acids is 2. The molecule has 0 bridgehead atoms. The molecule has 1 aromatic rings. The molecule has 6 nitrogen and oxygen atoms in total. The molecule has 1 fully saturated rings. The lowest BCUT2D eigenvalue weighted by Crippen LogP contribution is -2.53. The van der Waals surface area contributed by atoms with Crippen molar-refractivity contribution in [1.29, 1.82) is 0 Å². The van der Waals surface area contributed by atoms with E-state index >= 15 is 0 Å². The van der Waals surface area contributed by atoms with Crippen LogP contribution < -0.4 is 10.6 Å². The first-order chi connectivity index (χ1) is 9.55. The molecule has 1 aliphatic rings. The Morgan fingerprint density at radius 1 is 1.65 bits per heavy atom. The highest BCUT2D eigenvalue weighted by molar-refractivity contribution is 7.09. The summed E-state index contributed by atoms with van der Waals surface area (Å²) in [6.07, 6.45) is 2.61. The summed E-state index contributed by atoms with van der Waals surface area (Å²) < 4.78 is 0. The van der Waals surface area contributed by atoms with Gasteiger partial charge in [-0.25, -0.2) is 4.98 Å². The molecule has 0 spiro atoms. The molecule has 1 aliphatic heterocycles. The van der Waals surface area contributed by atoms with Gasteiger partial charge in [0, 0.05) is 24.7 Å². The van der Waals surface area contributed by atoms with Gasteiger partial charge in [-0.15, -0.1) is 11.3 Å². The first-order valence-electron chi connectivity index (χ1n) is 6.74. The van der Waals surface area contributed by atoms with Gasteiger partial charge in [0.05, 0.1) is 18.6 Å². The molecule has 0 aromatic carbocycles. The molecule has 1 saturated heterocycles. The van der Waals surface area contributed by atoms with Crippen LogP contribution in [-0.2, 0) is 15.1 Å². The fourth-order valence-corrected chi connectivity index (χ4v) is 2.93. The highest BCUT2D eigenvalue weighted by Crippen LogP contribution is 2.25. The van der Waals surface area contributed by atoms with E-state index in [9.17, 15) is 9.59 Å². The van der Waals surface area contributed by atoms with Crippen LogP contribution in [0.25, 0.3) is 0 Å². The van der Waals surface area contributed by atoms with Crippen LogP contribution in [0.1, 0.15) is 25.3 Å². The molecule has 2 heterocycles. The smallest absolute Gasteiger partial charge is 0.239 e. The number of nitrogens with zero attached hydrogens (tertiary/aromatic N) is 2. The lowest BCUT2D eigenvalue weighted by atomic mass is 10.00. The van der Waals surface area contributed by atoms with E-state index in [-0.39, 0.29) is 30.4 Å². The maximum absolute atomic E-state index is 12.1. The van der Waals surface area contributed by atoms with Crippen molar-refractivity contribution in [2.45, 2.75) is 25.8 Å². The number of amides is 2. The molecular formula is C13H20N4O2S. The largest absolute Gasteiger partial charge is 0.353 e. The average molecular weight is 296 g/mol. The third-order valence-corrected chi connectivity index (χ3v) is 4.67. The van der Waals surface area contributed by atoms with Crippen LogP contribution in [0.5, 0.6) is 0 Å². The molecule has 7 heteroatoms. The van der Waals surface area contributed by atoms with Crippen LogP contribution in [-0.4, -0.2) is 47.9 Å². The second kappa shape index (κ2) is 6.32. The molecule has 0 radical (unpaired) electrons. The van der Waals surface area contributed by atoms with E-state index in [1.165, 1.54) is 0 Å². The number of rotatable bonds is 5. The summed E-state index contributed by atoms with van der Waals surface area (Å²) in [6, 6.07) is 0. The lowest BCUT2D eigenvalue weighted by Gasteiger charge is -2.31. The predicted octanol–water partition coefficient (Wildman–Crippen LogP) is 0.316. The van der Waals surface area contributed by atoms with Gasteiger partial charge >= 0.3 is 0 Å². The fourth-order valence-electron chi connectivity index (χ4n) is 2.08. The normalized spacial score (nSPS) is 18.5. The Labute approximate surface area is 122 Å². The van der Waals surface area contributed by atoms with Gasteiger partial charge in [-0.3, -0.25) is 14.9 Å². The van der Waals surface area contributed by atoms with Crippen molar-refractivity contribution < 1.29 is 9.59 Å². The molecule has 2 N–H and O–H groups in total. The van der Waals surface area contributed by atoms with Gasteiger partial charge < -0.3 is 10.2 Å². The average Bonchev–Trinajstić information content (AvgIpc) is 2.99. The third-order valence-electron chi connectivity index (χ3n) is 3.63. The number of hydrogen-bond donors (Lipinski definition) is 2. The van der Waals surface area contributed by atoms with Gasteiger partial charge in [-0.05, 0) is 13.3 Å². The first kappa shape index (κ1) is 14.9. The monoisotopic (exact) mass is 296 g/mol. The van der Waals surface area contributed by atoms with E-state index in [0.29, 0.717) is 13.1 Å². The Kier molecular flexibility index (Phi) is 4.72. The van der Waals surface area contributed by atoms with E-state index in [2.05, 4.69) is 22.5 Å². The predicted molar refractivity (Wildman–Crippen MR) is 77.3 cm³/mol. The third kappa shape index (κ3) is 3.34. The summed E-state index contributed by atoms with van der Waals surface area (Å²) in [5, 5.41) is 8.90. The zero-order valence-corrected chi connectivity index (χ0v) is 12.6. The maximum Gasteiger partial charge on any atom is 0.239 e. The summed E-state index contributed by atoms with van der Waals surface area (Å²) in [5.41, 5.74) is -0.304. The Balaban J connectivity index is 1.93. The van der Waals surface area contributed by atoms with Crippen molar-refractivity contribution in [3.05, 3.63) is 16.6 Å².